The smallest absolute Gasteiger partial charge is 0.362 e. The molecule has 0 unspecified atom stereocenters. The molecule has 3 heterocycles. The lowest BCUT2D eigenvalue weighted by Crippen LogP contribution is -2.64. The molecular weight excluding hydrogens is 598 g/mol. The van der Waals surface area contributed by atoms with Crippen LogP contribution in [0.4, 0.5) is 5.13 Å². The first-order valence-electron chi connectivity index (χ1n) is 12.5. The summed E-state index contributed by atoms with van der Waals surface area (Å²) in [4.78, 5) is 51.8. The van der Waals surface area contributed by atoms with E-state index in [1.165, 1.54) is 11.6 Å². The molecule has 0 aromatic carbocycles. The number of guanidine groups is 1. The molecule has 1 aliphatic carbocycles. The zero-order chi connectivity index (χ0) is 30.7. The molecule has 2 aromatic rings. The van der Waals surface area contributed by atoms with Gasteiger partial charge in [0.1, 0.15) is 5.69 Å². The van der Waals surface area contributed by atoms with Gasteiger partial charge in [-0.2, -0.15) is 23.4 Å². The number of aliphatic imine (C=N–C) groups is 1. The monoisotopic (exact) mass is 627 g/mol. The number of nitrogen functional groups attached to an aromatic ring is 1. The molecule has 0 bridgehead atoms. The van der Waals surface area contributed by atoms with Gasteiger partial charge in [0.25, 0.3) is 0 Å². The Kier molecular flexibility index (Phi) is 9.03. The van der Waals surface area contributed by atoms with Crippen LogP contribution in [-0.4, -0.2) is 96.4 Å². The van der Waals surface area contributed by atoms with Crippen LogP contribution < -0.4 is 22.5 Å². The Morgan fingerprint density at radius 3 is 2.64 bits per heavy atom. The van der Waals surface area contributed by atoms with Gasteiger partial charge in [-0.15, -0.1) is 11.3 Å². The topological polar surface area (TPSA) is 297 Å². The third kappa shape index (κ3) is 7.16. The van der Waals surface area contributed by atoms with Crippen LogP contribution in [0.3, 0.4) is 0 Å². The molecule has 9 N–H and O–H groups in total. The first kappa shape index (κ1) is 30.7. The van der Waals surface area contributed by atoms with E-state index in [0.29, 0.717) is 31.7 Å². The first-order chi connectivity index (χ1) is 19.8. The number of aliphatic carboxylic acids is 1. The molecule has 1 saturated carbocycles. The second-order valence-corrected chi connectivity index (χ2v) is 11.7. The number of oxime groups is 1. The fraction of sp³-hybridized carbons (Fsp3) is 0.524. The van der Waals surface area contributed by atoms with Crippen molar-refractivity contribution in [2.75, 3.05) is 18.8 Å². The summed E-state index contributed by atoms with van der Waals surface area (Å²) in [6, 6.07) is -1.21. The van der Waals surface area contributed by atoms with Gasteiger partial charge in [-0.05, 0) is 13.0 Å². The average Bonchev–Trinajstić information content (AvgIpc) is 3.37. The molecule has 1 amide bonds. The Bertz CT molecular complexity index is 1510. The van der Waals surface area contributed by atoms with E-state index in [1.807, 2.05) is 0 Å². The molecule has 21 heteroatoms. The number of amides is 1. The lowest BCUT2D eigenvalue weighted by Gasteiger charge is -2.43. The van der Waals surface area contributed by atoms with Gasteiger partial charge >= 0.3 is 16.3 Å². The largest absolute Gasteiger partial charge is 0.478 e. The molecule has 2 aliphatic rings. The van der Waals surface area contributed by atoms with E-state index in [9.17, 15) is 32.5 Å². The highest BCUT2D eigenvalue weighted by atomic mass is 32.2. The normalized spacial score (nSPS) is 19.7. The van der Waals surface area contributed by atoms with Crippen molar-refractivity contribution in [1.29, 1.82) is 0 Å². The van der Waals surface area contributed by atoms with E-state index in [0.717, 1.165) is 16.1 Å². The maximum absolute atomic E-state index is 13.3. The van der Waals surface area contributed by atoms with Gasteiger partial charge in [0.15, 0.2) is 22.6 Å². The highest BCUT2D eigenvalue weighted by Crippen LogP contribution is 2.40. The number of hydrogen-bond acceptors (Lipinski definition) is 14. The summed E-state index contributed by atoms with van der Waals surface area (Å²) in [5, 5.41) is 26.1. The minimum absolute atomic E-state index is 0.000801. The Balaban J connectivity index is 1.45. The van der Waals surface area contributed by atoms with Crippen LogP contribution in [0.15, 0.2) is 21.7 Å². The van der Waals surface area contributed by atoms with E-state index in [1.54, 1.807) is 0 Å². The van der Waals surface area contributed by atoms with Crippen LogP contribution in [0.5, 0.6) is 0 Å². The number of carboxylic acids is 1. The maximum atomic E-state index is 13.3. The summed E-state index contributed by atoms with van der Waals surface area (Å²) in [5.41, 5.74) is 14.8. The molecule has 2 fully saturated rings. The summed E-state index contributed by atoms with van der Waals surface area (Å²) in [5.74, 6) is -4.26. The maximum Gasteiger partial charge on any atom is 0.362 e. The van der Waals surface area contributed by atoms with Crippen molar-refractivity contribution < 1.29 is 37.3 Å². The van der Waals surface area contributed by atoms with Gasteiger partial charge in [-0.25, -0.2) is 14.1 Å². The first-order valence-corrected chi connectivity index (χ1v) is 14.8. The number of carbonyl (C=O) groups is 3. The van der Waals surface area contributed by atoms with Crippen molar-refractivity contribution in [1.82, 2.24) is 29.6 Å². The predicted molar refractivity (Wildman–Crippen MR) is 146 cm³/mol. The third-order valence-corrected chi connectivity index (χ3v) is 8.06. The Morgan fingerprint density at radius 2 is 2.05 bits per heavy atom. The molecule has 0 radical (unpaired) electrons. The number of carbonyl (C=O) groups excluding carboxylic acids is 2. The Hall–Kier alpha value is -4.21. The molecule has 228 valence electrons. The second-order valence-electron chi connectivity index (χ2n) is 9.54. The molecule has 1 aliphatic heterocycles. The summed E-state index contributed by atoms with van der Waals surface area (Å²) < 4.78 is 33.8. The van der Waals surface area contributed by atoms with Crippen LogP contribution in [0.25, 0.3) is 0 Å². The Morgan fingerprint density at radius 1 is 1.31 bits per heavy atom. The standard InChI is InChI=1S/C21H29N11O8S2/c22-19(23)26-5-1-4-25-7-11-8-27-31(29-11)9-14-12(17(34)32(14)42(37,38)39)6-15(33)16(13-10-41-20(24)28-13)30-40-21(2-3-21)18(35)36/h8,10,12,14,25H,1-7,9H2,(H2,24,28)(H,35,36)(H4,22,23,26)(H,37,38,39)/b30-16-/t12-,14+/m0/s1. The van der Waals surface area contributed by atoms with E-state index in [2.05, 4.69) is 30.6 Å². The van der Waals surface area contributed by atoms with Crippen molar-refractivity contribution in [3.8, 4) is 0 Å². The molecule has 1 saturated heterocycles. The van der Waals surface area contributed by atoms with Crippen LogP contribution in [0, 0.1) is 5.92 Å². The highest BCUT2D eigenvalue weighted by Gasteiger charge is 2.56. The van der Waals surface area contributed by atoms with Crippen LogP contribution >= 0.6 is 11.3 Å². The Labute approximate surface area is 242 Å². The number of aromatic nitrogens is 4. The molecule has 4 rings (SSSR count). The number of rotatable bonds is 16. The SMILES string of the molecule is NC(N)=NCCCNCc1cnn(C[C@@H]2[C@H](CC(=O)/C(=N\OC3(C(=O)O)CC3)c3csc(N)n3)C(=O)N2S(=O)(=O)O)n1. The molecule has 2 atom stereocenters. The fourth-order valence-corrected chi connectivity index (χ4v) is 5.57. The van der Waals surface area contributed by atoms with Crippen LogP contribution in [-0.2, 0) is 42.6 Å². The van der Waals surface area contributed by atoms with E-state index in [-0.39, 0.29) is 46.2 Å². The predicted octanol–water partition coefficient (Wildman–Crippen LogP) is -2.30. The zero-order valence-corrected chi connectivity index (χ0v) is 23.6. The molecule has 42 heavy (non-hydrogen) atoms. The summed E-state index contributed by atoms with van der Waals surface area (Å²) >= 11 is 0.997. The van der Waals surface area contributed by atoms with Crippen LogP contribution in [0.2, 0.25) is 0 Å². The van der Waals surface area contributed by atoms with Crippen molar-refractivity contribution in [3.05, 3.63) is 23.0 Å². The van der Waals surface area contributed by atoms with E-state index in [4.69, 9.17) is 22.0 Å². The third-order valence-electron chi connectivity index (χ3n) is 6.43. The number of β-lactam (4-membered cyclic amide) rings is 1. The highest BCUT2D eigenvalue weighted by molar-refractivity contribution is 7.84. The minimum Gasteiger partial charge on any atom is -0.478 e. The van der Waals surface area contributed by atoms with Gasteiger partial charge in [0.05, 0.1) is 30.4 Å². The number of nitrogens with two attached hydrogens (primary N) is 3. The van der Waals surface area contributed by atoms with Crippen LogP contribution in [0.1, 0.15) is 37.1 Å². The zero-order valence-electron chi connectivity index (χ0n) is 22.0. The summed E-state index contributed by atoms with van der Waals surface area (Å²) in [6.07, 6.45) is 1.92. The van der Waals surface area contributed by atoms with Crippen molar-refractivity contribution >= 4 is 56.1 Å². The lowest BCUT2D eigenvalue weighted by molar-refractivity contribution is -0.153. The number of anilines is 1. The number of hydrogen-bond donors (Lipinski definition) is 6. The number of nitrogens with one attached hydrogen (secondary N) is 1. The van der Waals surface area contributed by atoms with Crippen molar-refractivity contribution in [3.63, 3.8) is 0 Å². The van der Waals surface area contributed by atoms with Gasteiger partial charge in [0.2, 0.25) is 11.5 Å². The molecule has 19 nitrogen and oxygen atoms in total. The van der Waals surface area contributed by atoms with Gasteiger partial charge < -0.3 is 32.5 Å². The van der Waals surface area contributed by atoms with E-state index >= 15 is 0 Å². The molecule has 2 aromatic heterocycles. The summed E-state index contributed by atoms with van der Waals surface area (Å²) in [6.45, 7) is 1.08. The second kappa shape index (κ2) is 12.3. The number of ketones is 1. The fourth-order valence-electron chi connectivity index (χ4n) is 4.10. The lowest BCUT2D eigenvalue weighted by atomic mass is 9.84. The minimum atomic E-state index is -4.96. The average molecular weight is 628 g/mol. The molecule has 0 spiro atoms. The number of thiazole rings is 1. The summed E-state index contributed by atoms with van der Waals surface area (Å²) in [7, 11) is -4.96. The number of Topliss-reactive ketones (excluding diaryl/α,β-unsaturated/α-hetero) is 1. The van der Waals surface area contributed by atoms with E-state index < -0.39 is 51.9 Å². The van der Waals surface area contributed by atoms with Crippen molar-refractivity contribution in [2.24, 2.45) is 27.5 Å². The van der Waals surface area contributed by atoms with Gasteiger partial charge in [-0.1, -0.05) is 5.16 Å². The quantitative estimate of drug-likeness (QED) is 0.0285. The van der Waals surface area contributed by atoms with Crippen molar-refractivity contribution in [2.45, 2.75) is 50.4 Å². The number of carboxylic acid groups (broad SMARTS) is 1. The van der Waals surface area contributed by atoms with Gasteiger partial charge in [0, 0.05) is 37.7 Å². The molecular formula is C21H29N11O8S2. The van der Waals surface area contributed by atoms with Gasteiger partial charge in [-0.3, -0.25) is 19.1 Å². The number of nitrogens with zero attached hydrogens (tertiary/aromatic N) is 7.